The Bertz CT molecular complexity index is 615. The van der Waals surface area contributed by atoms with Crippen LogP contribution in [0.2, 0.25) is 0 Å². The van der Waals surface area contributed by atoms with Gasteiger partial charge in [-0.05, 0) is 38.8 Å². The number of carbonyl (C=O) groups excluding carboxylic acids is 1. The van der Waals surface area contributed by atoms with Gasteiger partial charge in [0.15, 0.2) is 0 Å². The molecule has 26 heavy (non-hydrogen) atoms. The molecule has 2 fully saturated rings. The molecule has 3 heterocycles. The van der Waals surface area contributed by atoms with Crippen molar-refractivity contribution in [3.8, 4) is 0 Å². The molecule has 0 spiro atoms. The van der Waals surface area contributed by atoms with Crippen molar-refractivity contribution in [1.29, 1.82) is 0 Å². The van der Waals surface area contributed by atoms with E-state index in [-0.39, 0.29) is 11.9 Å². The average Bonchev–Trinajstić information content (AvgIpc) is 2.67. The van der Waals surface area contributed by atoms with Gasteiger partial charge in [-0.15, -0.1) is 0 Å². The lowest BCUT2D eigenvalue weighted by atomic mass is 9.89. The zero-order valence-corrected chi connectivity index (χ0v) is 15.8. The number of nitrogen functional groups attached to an aromatic ring is 1. The van der Waals surface area contributed by atoms with Crippen LogP contribution >= 0.6 is 0 Å². The molecule has 2 aliphatic rings. The Morgan fingerprint density at radius 3 is 2.38 bits per heavy atom. The van der Waals surface area contributed by atoms with E-state index in [1.54, 1.807) is 24.5 Å². The zero-order chi connectivity index (χ0) is 18.5. The van der Waals surface area contributed by atoms with Crippen LogP contribution < -0.4 is 5.73 Å². The Balaban J connectivity index is 1.46. The molecule has 0 bridgehead atoms. The summed E-state index contributed by atoms with van der Waals surface area (Å²) >= 11 is 0. The van der Waals surface area contributed by atoms with Gasteiger partial charge in [0.2, 0.25) is 11.9 Å². The Morgan fingerprint density at radius 2 is 1.77 bits per heavy atom. The van der Waals surface area contributed by atoms with Gasteiger partial charge >= 0.3 is 0 Å². The summed E-state index contributed by atoms with van der Waals surface area (Å²) in [6, 6.07) is 0.600. The monoisotopic (exact) mass is 358 g/mol. The second kappa shape index (κ2) is 8.60. The molecular formula is C19H30N6O. The highest BCUT2D eigenvalue weighted by molar-refractivity contribution is 5.91. The lowest BCUT2D eigenvalue weighted by Crippen LogP contribution is -2.52. The molecule has 7 nitrogen and oxygen atoms in total. The van der Waals surface area contributed by atoms with Gasteiger partial charge in [-0.2, -0.15) is 0 Å². The summed E-state index contributed by atoms with van der Waals surface area (Å²) in [5.74, 6) is 0.981. The molecule has 1 aromatic heterocycles. The van der Waals surface area contributed by atoms with E-state index in [1.165, 1.54) is 0 Å². The Hall–Kier alpha value is -1.99. The van der Waals surface area contributed by atoms with Gasteiger partial charge < -0.3 is 15.5 Å². The van der Waals surface area contributed by atoms with Gasteiger partial charge in [-0.1, -0.05) is 0 Å². The van der Waals surface area contributed by atoms with E-state index >= 15 is 0 Å². The molecule has 1 unspecified atom stereocenters. The van der Waals surface area contributed by atoms with E-state index < -0.39 is 0 Å². The highest BCUT2D eigenvalue weighted by Gasteiger charge is 2.29. The van der Waals surface area contributed by atoms with Crippen molar-refractivity contribution in [3.63, 3.8) is 0 Å². The number of anilines is 1. The van der Waals surface area contributed by atoms with Crippen LogP contribution in [0.25, 0.3) is 6.08 Å². The number of carbonyl (C=O) groups is 1. The van der Waals surface area contributed by atoms with Crippen LogP contribution in [0.1, 0.15) is 25.3 Å². The SMILES string of the molecule is CC(C1CCN(C(=O)C=Cc2cnc(N)nc2)CC1)N1CCN(C)CC1. The maximum atomic E-state index is 12.4. The number of piperazine rings is 1. The van der Waals surface area contributed by atoms with E-state index in [0.717, 1.165) is 57.7 Å². The average molecular weight is 358 g/mol. The first kappa shape index (κ1) is 18.8. The quantitative estimate of drug-likeness (QED) is 0.808. The van der Waals surface area contributed by atoms with Crippen molar-refractivity contribution in [2.24, 2.45) is 5.92 Å². The summed E-state index contributed by atoms with van der Waals surface area (Å²) in [4.78, 5) is 27.2. The lowest BCUT2D eigenvalue weighted by molar-refractivity contribution is -0.127. The lowest BCUT2D eigenvalue weighted by Gasteiger charge is -2.42. The number of hydrogen-bond donors (Lipinski definition) is 1. The predicted octanol–water partition coefficient (Wildman–Crippen LogP) is 0.947. The molecular weight excluding hydrogens is 328 g/mol. The highest BCUT2D eigenvalue weighted by atomic mass is 16.2. The van der Waals surface area contributed by atoms with Crippen LogP contribution in [0.15, 0.2) is 18.5 Å². The second-order valence-corrected chi connectivity index (χ2v) is 7.45. The topological polar surface area (TPSA) is 78.6 Å². The Kier molecular flexibility index (Phi) is 6.21. The summed E-state index contributed by atoms with van der Waals surface area (Å²) in [6.07, 6.45) is 8.77. The molecule has 0 radical (unpaired) electrons. The minimum atomic E-state index is 0.0625. The molecule has 1 atom stereocenters. The van der Waals surface area contributed by atoms with Crippen molar-refractivity contribution in [3.05, 3.63) is 24.0 Å². The third kappa shape index (κ3) is 4.80. The normalized spacial score (nSPS) is 22.0. The van der Waals surface area contributed by atoms with E-state index in [1.807, 2.05) is 4.90 Å². The maximum absolute atomic E-state index is 12.4. The summed E-state index contributed by atoms with van der Waals surface area (Å²) in [6.45, 7) is 8.65. The van der Waals surface area contributed by atoms with Gasteiger partial charge in [-0.25, -0.2) is 9.97 Å². The first-order valence-electron chi connectivity index (χ1n) is 9.50. The standard InChI is InChI=1S/C19H30N6O/c1-15(24-11-9-23(2)10-12-24)17-5-7-25(8-6-17)18(26)4-3-16-13-21-19(20)22-14-16/h3-4,13-15,17H,5-12H2,1-2H3,(H2,20,21,22). The number of likely N-dealkylation sites (N-methyl/N-ethyl adjacent to an activating group) is 1. The molecule has 0 saturated carbocycles. The molecule has 0 aromatic carbocycles. The van der Waals surface area contributed by atoms with Crippen LogP contribution in [0.5, 0.6) is 0 Å². The molecule has 2 N–H and O–H groups in total. The number of likely N-dealkylation sites (tertiary alicyclic amines) is 1. The van der Waals surface area contributed by atoms with Crippen LogP contribution in [0.3, 0.4) is 0 Å². The van der Waals surface area contributed by atoms with Crippen LogP contribution in [0, 0.1) is 5.92 Å². The molecule has 1 amide bonds. The Labute approximate surface area is 155 Å². The van der Waals surface area contributed by atoms with Crippen LogP contribution in [-0.2, 0) is 4.79 Å². The van der Waals surface area contributed by atoms with Gasteiger partial charge in [0.05, 0.1) is 0 Å². The van der Waals surface area contributed by atoms with Gasteiger partial charge in [0.1, 0.15) is 0 Å². The minimum absolute atomic E-state index is 0.0625. The van der Waals surface area contributed by atoms with Crippen molar-refractivity contribution < 1.29 is 4.79 Å². The third-order valence-electron chi connectivity index (χ3n) is 5.76. The first-order valence-corrected chi connectivity index (χ1v) is 9.50. The number of aromatic nitrogens is 2. The number of rotatable bonds is 4. The van der Waals surface area contributed by atoms with Gasteiger partial charge in [0.25, 0.3) is 0 Å². The van der Waals surface area contributed by atoms with Crippen molar-refractivity contribution in [1.82, 2.24) is 24.7 Å². The maximum Gasteiger partial charge on any atom is 0.246 e. The third-order valence-corrected chi connectivity index (χ3v) is 5.76. The number of hydrogen-bond acceptors (Lipinski definition) is 6. The number of nitrogens with two attached hydrogens (primary N) is 1. The predicted molar refractivity (Wildman–Crippen MR) is 103 cm³/mol. The Morgan fingerprint density at radius 1 is 1.15 bits per heavy atom. The molecule has 7 heteroatoms. The smallest absolute Gasteiger partial charge is 0.246 e. The number of piperidine rings is 1. The molecule has 142 valence electrons. The first-order chi connectivity index (χ1) is 12.5. The van der Waals surface area contributed by atoms with Crippen molar-refractivity contribution in [2.45, 2.75) is 25.8 Å². The summed E-state index contributed by atoms with van der Waals surface area (Å²) < 4.78 is 0. The summed E-state index contributed by atoms with van der Waals surface area (Å²) in [5.41, 5.74) is 6.25. The largest absolute Gasteiger partial charge is 0.368 e. The molecule has 1 aromatic rings. The van der Waals surface area contributed by atoms with E-state index in [4.69, 9.17) is 5.73 Å². The van der Waals surface area contributed by atoms with E-state index in [2.05, 4.69) is 33.7 Å². The van der Waals surface area contributed by atoms with Crippen LogP contribution in [-0.4, -0.2) is 82.9 Å². The number of nitrogens with zero attached hydrogens (tertiary/aromatic N) is 5. The van der Waals surface area contributed by atoms with Crippen molar-refractivity contribution in [2.75, 3.05) is 52.0 Å². The molecule has 2 saturated heterocycles. The molecule has 3 rings (SSSR count). The van der Waals surface area contributed by atoms with Gasteiger partial charge in [0, 0.05) is 69.3 Å². The van der Waals surface area contributed by atoms with E-state index in [9.17, 15) is 4.79 Å². The fourth-order valence-electron chi connectivity index (χ4n) is 3.84. The van der Waals surface area contributed by atoms with Crippen LogP contribution in [0.4, 0.5) is 5.95 Å². The molecule has 0 aliphatic carbocycles. The van der Waals surface area contributed by atoms with Gasteiger partial charge in [-0.3, -0.25) is 9.69 Å². The number of amides is 1. The fraction of sp³-hybridized carbons (Fsp3) is 0.632. The fourth-order valence-corrected chi connectivity index (χ4v) is 3.84. The summed E-state index contributed by atoms with van der Waals surface area (Å²) in [5, 5.41) is 0. The van der Waals surface area contributed by atoms with E-state index in [0.29, 0.717) is 12.0 Å². The second-order valence-electron chi connectivity index (χ2n) is 7.45. The molecule has 2 aliphatic heterocycles. The highest BCUT2D eigenvalue weighted by Crippen LogP contribution is 2.25. The minimum Gasteiger partial charge on any atom is -0.368 e. The zero-order valence-electron chi connectivity index (χ0n) is 15.8. The summed E-state index contributed by atoms with van der Waals surface area (Å²) in [7, 11) is 2.19. The van der Waals surface area contributed by atoms with Crippen molar-refractivity contribution >= 4 is 17.9 Å².